The Kier molecular flexibility index (Phi) is 9.42. The van der Waals surface area contributed by atoms with Crippen LogP contribution in [0.2, 0.25) is 0 Å². The van der Waals surface area contributed by atoms with E-state index in [1.54, 1.807) is 24.5 Å². The van der Waals surface area contributed by atoms with E-state index in [0.29, 0.717) is 79.7 Å². The first-order chi connectivity index (χ1) is 21.8. The second-order valence-corrected chi connectivity index (χ2v) is 11.7. The van der Waals surface area contributed by atoms with Gasteiger partial charge in [0, 0.05) is 55.1 Å². The molecule has 12 nitrogen and oxygen atoms in total. The Bertz CT molecular complexity index is 1690. The van der Waals surface area contributed by atoms with Crippen molar-refractivity contribution in [2.75, 3.05) is 68.1 Å². The fourth-order valence-electron chi connectivity index (χ4n) is 5.69. The molecule has 2 aliphatic heterocycles. The Hall–Kier alpha value is -3.89. The van der Waals surface area contributed by atoms with Gasteiger partial charge >= 0.3 is 0 Å². The number of nitrogens with zero attached hydrogens (tertiary/aromatic N) is 6. The van der Waals surface area contributed by atoms with E-state index in [0.717, 1.165) is 5.69 Å². The smallest absolute Gasteiger partial charge is 0.231 e. The average molecular weight is 641 g/mol. The number of aromatic nitrogens is 4. The highest BCUT2D eigenvalue weighted by molar-refractivity contribution is 7.77. The van der Waals surface area contributed by atoms with Crippen molar-refractivity contribution in [3.05, 3.63) is 54.1 Å². The van der Waals surface area contributed by atoms with Crippen molar-refractivity contribution in [1.82, 2.24) is 24.7 Å². The molecule has 0 spiro atoms. The van der Waals surface area contributed by atoms with Crippen molar-refractivity contribution in [2.24, 2.45) is 0 Å². The van der Waals surface area contributed by atoms with E-state index in [2.05, 4.69) is 31.4 Å². The monoisotopic (exact) mass is 640 g/mol. The van der Waals surface area contributed by atoms with E-state index in [1.165, 1.54) is 6.07 Å². The largest absolute Gasteiger partial charge is 0.378 e. The van der Waals surface area contributed by atoms with Crippen LogP contribution in [0.1, 0.15) is 25.1 Å². The van der Waals surface area contributed by atoms with Crippen molar-refractivity contribution in [3.8, 4) is 22.5 Å². The standard InChI is InChI=1S/C30H34F2N8O4S/c1-18-17-44-12-9-40(18)29-23-13-19(21-3-2-4-22(26(21)32)24(31)5-6-36-45(41)42)14-25(39-7-10-43-11-8-39)27(23)37-28(38-29)20-15-34-30(33)35-16-20/h2-4,13-16,18,24,36H,5-12,17H2,1H3,(H,41,42)(H2,33,34,35). The summed E-state index contributed by atoms with van der Waals surface area (Å²) in [6.45, 7) is 5.80. The summed E-state index contributed by atoms with van der Waals surface area (Å²) in [5, 5.41) is 0.707. The number of benzene rings is 2. The van der Waals surface area contributed by atoms with Gasteiger partial charge in [-0.15, -0.1) is 0 Å². The molecule has 4 N–H and O–H groups in total. The van der Waals surface area contributed by atoms with Crippen LogP contribution in [-0.2, 0) is 20.7 Å². The summed E-state index contributed by atoms with van der Waals surface area (Å²) in [5.74, 6) is 0.520. The number of hydrogen-bond donors (Lipinski definition) is 3. The van der Waals surface area contributed by atoms with Gasteiger partial charge in [0.15, 0.2) is 5.82 Å². The lowest BCUT2D eigenvalue weighted by Crippen LogP contribution is -2.44. The molecule has 3 unspecified atom stereocenters. The van der Waals surface area contributed by atoms with E-state index in [9.17, 15) is 4.21 Å². The van der Waals surface area contributed by atoms with Gasteiger partial charge in [-0.05, 0) is 31.0 Å². The maximum Gasteiger partial charge on any atom is 0.231 e. The minimum atomic E-state index is -2.28. The number of ether oxygens (including phenoxy) is 2. The SMILES string of the molecule is CC1COCCN1c1nc(-c2cnc(N)nc2)nc2c(N3CCOCC3)cc(-c3cccc(C(F)CCNS(=O)O)c3F)cc12. The lowest BCUT2D eigenvalue weighted by atomic mass is 9.96. The second kappa shape index (κ2) is 13.6. The van der Waals surface area contributed by atoms with Gasteiger partial charge in [-0.2, -0.15) is 0 Å². The Morgan fingerprint density at radius 1 is 1.11 bits per heavy atom. The molecule has 6 rings (SSSR count). The molecule has 2 aromatic heterocycles. The minimum absolute atomic E-state index is 0.00270. The van der Waals surface area contributed by atoms with E-state index >= 15 is 8.78 Å². The molecule has 0 saturated carbocycles. The zero-order valence-electron chi connectivity index (χ0n) is 24.7. The average Bonchev–Trinajstić information content (AvgIpc) is 3.05. The summed E-state index contributed by atoms with van der Waals surface area (Å²) in [7, 11) is 0. The number of rotatable bonds is 9. The zero-order chi connectivity index (χ0) is 31.5. The lowest BCUT2D eigenvalue weighted by Gasteiger charge is -2.36. The number of anilines is 3. The Balaban J connectivity index is 1.54. The number of morpholine rings is 2. The summed E-state index contributed by atoms with van der Waals surface area (Å²) in [4.78, 5) is 22.6. The van der Waals surface area contributed by atoms with Gasteiger partial charge in [0.2, 0.25) is 17.2 Å². The molecule has 0 bridgehead atoms. The van der Waals surface area contributed by atoms with Crippen molar-refractivity contribution in [3.63, 3.8) is 0 Å². The van der Waals surface area contributed by atoms with Gasteiger partial charge in [-0.25, -0.2) is 37.6 Å². The van der Waals surface area contributed by atoms with Crippen LogP contribution >= 0.6 is 0 Å². The molecule has 0 aliphatic carbocycles. The fraction of sp³-hybridized carbons (Fsp3) is 0.400. The number of nitrogens with two attached hydrogens (primary N) is 1. The summed E-state index contributed by atoms with van der Waals surface area (Å²) >= 11 is -2.28. The Morgan fingerprint density at radius 3 is 2.60 bits per heavy atom. The topological polar surface area (TPSA) is 152 Å². The van der Waals surface area contributed by atoms with Crippen LogP contribution in [-0.4, -0.2) is 87.3 Å². The van der Waals surface area contributed by atoms with Crippen molar-refractivity contribution >= 4 is 39.6 Å². The van der Waals surface area contributed by atoms with Crippen LogP contribution in [0.15, 0.2) is 42.7 Å². The first kappa shape index (κ1) is 31.1. The molecule has 238 valence electrons. The van der Waals surface area contributed by atoms with Crippen LogP contribution in [0.5, 0.6) is 0 Å². The predicted molar refractivity (Wildman–Crippen MR) is 168 cm³/mol. The van der Waals surface area contributed by atoms with E-state index in [-0.39, 0.29) is 36.1 Å². The van der Waals surface area contributed by atoms with E-state index < -0.39 is 23.3 Å². The molecule has 3 atom stereocenters. The van der Waals surface area contributed by atoms with Crippen molar-refractivity contribution in [1.29, 1.82) is 0 Å². The van der Waals surface area contributed by atoms with Crippen LogP contribution < -0.4 is 20.3 Å². The number of nitrogen functional groups attached to an aromatic ring is 1. The number of halogens is 2. The summed E-state index contributed by atoms with van der Waals surface area (Å²) < 4.78 is 64.8. The molecule has 4 aromatic rings. The van der Waals surface area contributed by atoms with E-state index in [4.69, 9.17) is 29.7 Å². The molecular formula is C30H34F2N8O4S. The third-order valence-electron chi connectivity index (χ3n) is 7.98. The number of alkyl halides is 1. The molecular weight excluding hydrogens is 606 g/mol. The van der Waals surface area contributed by atoms with Crippen LogP contribution in [0.25, 0.3) is 33.4 Å². The normalized spacial score (nSPS) is 18.7. The maximum absolute atomic E-state index is 16.1. The fourth-order valence-corrected chi connectivity index (χ4v) is 5.98. The first-order valence-corrected chi connectivity index (χ1v) is 15.8. The number of fused-ring (bicyclic) bond motifs is 1. The van der Waals surface area contributed by atoms with Crippen LogP contribution in [0.3, 0.4) is 0 Å². The molecule has 0 radical (unpaired) electrons. The van der Waals surface area contributed by atoms with Gasteiger partial charge in [0.1, 0.15) is 17.8 Å². The van der Waals surface area contributed by atoms with Gasteiger partial charge in [-0.1, -0.05) is 18.2 Å². The summed E-state index contributed by atoms with van der Waals surface area (Å²) in [6, 6.07) is 8.36. The van der Waals surface area contributed by atoms with Crippen LogP contribution in [0, 0.1) is 5.82 Å². The number of nitrogens with one attached hydrogen (secondary N) is 1. The third-order valence-corrected chi connectivity index (χ3v) is 8.43. The van der Waals surface area contributed by atoms with Gasteiger partial charge in [0.05, 0.1) is 49.2 Å². The minimum Gasteiger partial charge on any atom is -0.378 e. The van der Waals surface area contributed by atoms with Gasteiger partial charge in [0.25, 0.3) is 0 Å². The predicted octanol–water partition coefficient (Wildman–Crippen LogP) is 3.66. The van der Waals surface area contributed by atoms with E-state index in [1.807, 2.05) is 12.1 Å². The molecule has 2 fully saturated rings. The Labute approximate surface area is 261 Å². The highest BCUT2D eigenvalue weighted by Gasteiger charge is 2.27. The first-order valence-electron chi connectivity index (χ1n) is 14.7. The van der Waals surface area contributed by atoms with Crippen LogP contribution in [0.4, 0.5) is 26.2 Å². The molecule has 2 saturated heterocycles. The molecule has 0 amide bonds. The molecule has 45 heavy (non-hydrogen) atoms. The highest BCUT2D eigenvalue weighted by Crippen LogP contribution is 2.40. The molecule has 4 heterocycles. The molecule has 2 aromatic carbocycles. The summed E-state index contributed by atoms with van der Waals surface area (Å²) in [6.07, 6.45) is 1.31. The van der Waals surface area contributed by atoms with Crippen molar-refractivity contribution < 1.29 is 27.0 Å². The van der Waals surface area contributed by atoms with Crippen molar-refractivity contribution in [2.45, 2.75) is 25.6 Å². The third kappa shape index (κ3) is 6.72. The summed E-state index contributed by atoms with van der Waals surface area (Å²) in [5.41, 5.74) is 8.42. The highest BCUT2D eigenvalue weighted by atomic mass is 32.2. The lowest BCUT2D eigenvalue weighted by molar-refractivity contribution is 0.0987. The molecule has 2 aliphatic rings. The molecule has 15 heteroatoms. The maximum atomic E-state index is 16.1. The number of hydrogen-bond acceptors (Lipinski definition) is 10. The van der Waals surface area contributed by atoms with Gasteiger partial charge in [-0.3, -0.25) is 4.55 Å². The zero-order valence-corrected chi connectivity index (χ0v) is 25.5. The quantitative estimate of drug-likeness (QED) is 0.230. The Morgan fingerprint density at radius 2 is 1.87 bits per heavy atom. The van der Waals surface area contributed by atoms with Gasteiger partial charge < -0.3 is 25.0 Å². The second-order valence-electron chi connectivity index (χ2n) is 10.9.